The third-order valence-electron chi connectivity index (χ3n) is 3.08. The fourth-order valence-electron chi connectivity index (χ4n) is 1.95. The van der Waals surface area contributed by atoms with Crippen LogP contribution in [0.5, 0.6) is 0 Å². The Kier molecular flexibility index (Phi) is 4.18. The van der Waals surface area contributed by atoms with E-state index >= 15 is 0 Å². The maximum absolute atomic E-state index is 11.9. The Bertz CT molecular complexity index is 544. The zero-order chi connectivity index (χ0) is 13.7. The van der Waals surface area contributed by atoms with Crippen LogP contribution in [0.25, 0.3) is 0 Å². The number of hydrogen-bond donors (Lipinski definition) is 2. The van der Waals surface area contributed by atoms with Gasteiger partial charge in [-0.3, -0.25) is 4.79 Å². The van der Waals surface area contributed by atoms with Gasteiger partial charge in [-0.25, -0.2) is 0 Å². The third kappa shape index (κ3) is 3.85. The molecule has 0 aliphatic rings. The molecule has 0 fully saturated rings. The first-order valence-corrected chi connectivity index (χ1v) is 6.38. The van der Waals surface area contributed by atoms with Crippen molar-refractivity contribution in [3.8, 4) is 0 Å². The first-order valence-electron chi connectivity index (χ1n) is 6.38. The van der Waals surface area contributed by atoms with Gasteiger partial charge in [0.2, 0.25) is 0 Å². The van der Waals surface area contributed by atoms with Crippen LogP contribution < -0.4 is 11.5 Å². The summed E-state index contributed by atoms with van der Waals surface area (Å²) in [5.74, 6) is 0.162. The van der Waals surface area contributed by atoms with E-state index in [0.717, 1.165) is 24.1 Å². The molecule has 0 unspecified atom stereocenters. The van der Waals surface area contributed by atoms with Crippen LogP contribution in [0.1, 0.15) is 28.8 Å². The van der Waals surface area contributed by atoms with Crippen LogP contribution in [0, 0.1) is 0 Å². The van der Waals surface area contributed by atoms with Gasteiger partial charge in [0.1, 0.15) is 0 Å². The molecule has 4 N–H and O–H groups in total. The molecule has 0 atom stereocenters. The highest BCUT2D eigenvalue weighted by Gasteiger charge is 2.05. The van der Waals surface area contributed by atoms with E-state index in [9.17, 15) is 4.79 Å². The van der Waals surface area contributed by atoms with Crippen molar-refractivity contribution < 1.29 is 4.79 Å². The largest absolute Gasteiger partial charge is 0.399 e. The summed E-state index contributed by atoms with van der Waals surface area (Å²) in [5, 5.41) is 0. The highest BCUT2D eigenvalue weighted by Crippen LogP contribution is 2.12. The van der Waals surface area contributed by atoms with Crippen molar-refractivity contribution in [2.75, 3.05) is 11.5 Å². The Morgan fingerprint density at radius 1 is 0.842 bits per heavy atom. The van der Waals surface area contributed by atoms with Gasteiger partial charge >= 0.3 is 0 Å². The summed E-state index contributed by atoms with van der Waals surface area (Å²) in [5.41, 5.74) is 14.6. The highest BCUT2D eigenvalue weighted by atomic mass is 16.1. The summed E-state index contributed by atoms with van der Waals surface area (Å²) >= 11 is 0. The molecule has 2 aromatic carbocycles. The lowest BCUT2D eigenvalue weighted by Gasteiger charge is -2.03. The molecule has 0 radical (unpaired) electrons. The van der Waals surface area contributed by atoms with Crippen molar-refractivity contribution in [1.82, 2.24) is 0 Å². The molecular formula is C16H18N2O. The SMILES string of the molecule is Nc1ccc(CCCC(=O)c2ccc(N)cc2)cc1. The smallest absolute Gasteiger partial charge is 0.162 e. The lowest BCUT2D eigenvalue weighted by molar-refractivity contribution is 0.0980. The van der Waals surface area contributed by atoms with E-state index in [1.165, 1.54) is 5.56 Å². The maximum Gasteiger partial charge on any atom is 0.162 e. The van der Waals surface area contributed by atoms with Crippen LogP contribution in [-0.2, 0) is 6.42 Å². The Balaban J connectivity index is 1.84. The summed E-state index contributed by atoms with van der Waals surface area (Å²) in [6.07, 6.45) is 2.28. The fraction of sp³-hybridized carbons (Fsp3) is 0.188. The molecule has 0 amide bonds. The number of nitrogen functional groups attached to an aromatic ring is 2. The van der Waals surface area contributed by atoms with Crippen LogP contribution >= 0.6 is 0 Å². The molecule has 2 aromatic rings. The van der Waals surface area contributed by atoms with Crippen LogP contribution in [0.3, 0.4) is 0 Å². The molecule has 3 nitrogen and oxygen atoms in total. The second-order valence-corrected chi connectivity index (χ2v) is 4.64. The zero-order valence-electron chi connectivity index (χ0n) is 10.8. The van der Waals surface area contributed by atoms with E-state index in [4.69, 9.17) is 11.5 Å². The van der Waals surface area contributed by atoms with Crippen LogP contribution in [0.15, 0.2) is 48.5 Å². The normalized spacial score (nSPS) is 10.3. The standard InChI is InChI=1S/C16H18N2O/c17-14-8-4-12(5-9-14)2-1-3-16(19)13-6-10-15(18)11-7-13/h4-11H,1-3,17-18H2. The average molecular weight is 254 g/mol. The summed E-state index contributed by atoms with van der Waals surface area (Å²) < 4.78 is 0. The van der Waals surface area contributed by atoms with E-state index in [2.05, 4.69) is 0 Å². The Labute approximate surface area is 113 Å². The first kappa shape index (κ1) is 13.1. The number of carbonyl (C=O) groups excluding carboxylic acids is 1. The minimum absolute atomic E-state index is 0.162. The molecule has 0 aliphatic heterocycles. The third-order valence-corrected chi connectivity index (χ3v) is 3.08. The van der Waals surface area contributed by atoms with E-state index in [1.54, 1.807) is 24.3 Å². The number of aryl methyl sites for hydroxylation is 1. The average Bonchev–Trinajstić information content (AvgIpc) is 2.41. The minimum Gasteiger partial charge on any atom is -0.399 e. The second-order valence-electron chi connectivity index (χ2n) is 4.64. The Hall–Kier alpha value is -2.29. The van der Waals surface area contributed by atoms with Gasteiger partial charge in [0, 0.05) is 23.4 Å². The van der Waals surface area contributed by atoms with Gasteiger partial charge in [-0.15, -0.1) is 0 Å². The van der Waals surface area contributed by atoms with E-state index < -0.39 is 0 Å². The van der Waals surface area contributed by atoms with Gasteiger partial charge in [-0.05, 0) is 54.8 Å². The molecule has 0 bridgehead atoms. The first-order chi connectivity index (χ1) is 9.15. The van der Waals surface area contributed by atoms with E-state index in [-0.39, 0.29) is 5.78 Å². The molecule has 98 valence electrons. The van der Waals surface area contributed by atoms with Gasteiger partial charge < -0.3 is 11.5 Å². The topological polar surface area (TPSA) is 69.1 Å². The summed E-state index contributed by atoms with van der Waals surface area (Å²) in [4.78, 5) is 11.9. The molecule has 0 aromatic heterocycles. The number of benzene rings is 2. The summed E-state index contributed by atoms with van der Waals surface area (Å²) in [7, 11) is 0. The fourth-order valence-corrected chi connectivity index (χ4v) is 1.95. The van der Waals surface area contributed by atoms with Crippen molar-refractivity contribution in [1.29, 1.82) is 0 Å². The molecule has 19 heavy (non-hydrogen) atoms. The predicted molar refractivity (Wildman–Crippen MR) is 79.0 cm³/mol. The molecule has 0 spiro atoms. The Morgan fingerprint density at radius 2 is 1.37 bits per heavy atom. The van der Waals surface area contributed by atoms with Crippen molar-refractivity contribution in [3.05, 3.63) is 59.7 Å². The molecule has 2 rings (SSSR count). The molecule has 3 heteroatoms. The molecular weight excluding hydrogens is 236 g/mol. The number of ketones is 1. The number of carbonyl (C=O) groups is 1. The Morgan fingerprint density at radius 3 is 1.95 bits per heavy atom. The van der Waals surface area contributed by atoms with Crippen molar-refractivity contribution >= 4 is 17.2 Å². The molecule has 0 saturated heterocycles. The second kappa shape index (κ2) is 6.05. The molecule has 0 saturated carbocycles. The van der Waals surface area contributed by atoms with Gasteiger partial charge in [0.25, 0.3) is 0 Å². The van der Waals surface area contributed by atoms with Gasteiger partial charge in [0.15, 0.2) is 5.78 Å². The van der Waals surface area contributed by atoms with E-state index in [1.807, 2.05) is 24.3 Å². The van der Waals surface area contributed by atoms with Crippen molar-refractivity contribution in [2.45, 2.75) is 19.3 Å². The van der Waals surface area contributed by atoms with Crippen molar-refractivity contribution in [3.63, 3.8) is 0 Å². The van der Waals surface area contributed by atoms with Gasteiger partial charge in [0.05, 0.1) is 0 Å². The quantitative estimate of drug-likeness (QED) is 0.636. The number of hydrogen-bond acceptors (Lipinski definition) is 3. The monoisotopic (exact) mass is 254 g/mol. The summed E-state index contributed by atoms with van der Waals surface area (Å²) in [6.45, 7) is 0. The molecule has 0 heterocycles. The van der Waals surface area contributed by atoms with Crippen LogP contribution in [0.4, 0.5) is 11.4 Å². The highest BCUT2D eigenvalue weighted by molar-refractivity contribution is 5.96. The zero-order valence-corrected chi connectivity index (χ0v) is 10.8. The molecule has 0 aliphatic carbocycles. The lowest BCUT2D eigenvalue weighted by atomic mass is 10.0. The number of anilines is 2. The predicted octanol–water partition coefficient (Wildman–Crippen LogP) is 3.06. The lowest BCUT2D eigenvalue weighted by Crippen LogP contribution is -2.00. The van der Waals surface area contributed by atoms with E-state index in [0.29, 0.717) is 12.1 Å². The van der Waals surface area contributed by atoms with Crippen molar-refractivity contribution in [2.24, 2.45) is 0 Å². The summed E-state index contributed by atoms with van der Waals surface area (Å²) in [6, 6.07) is 14.8. The van der Waals surface area contributed by atoms with Crippen LogP contribution in [-0.4, -0.2) is 5.78 Å². The van der Waals surface area contributed by atoms with Crippen LogP contribution in [0.2, 0.25) is 0 Å². The number of Topliss-reactive ketones (excluding diaryl/α,β-unsaturated/α-hetero) is 1. The maximum atomic E-state index is 11.9. The number of nitrogens with two attached hydrogens (primary N) is 2. The minimum atomic E-state index is 0.162. The number of rotatable bonds is 5. The van der Waals surface area contributed by atoms with Gasteiger partial charge in [-0.2, -0.15) is 0 Å². The van der Waals surface area contributed by atoms with Gasteiger partial charge in [-0.1, -0.05) is 12.1 Å².